The van der Waals surface area contributed by atoms with E-state index >= 15 is 0 Å². The van der Waals surface area contributed by atoms with E-state index in [0.29, 0.717) is 5.88 Å². The van der Waals surface area contributed by atoms with Gasteiger partial charge in [0.15, 0.2) is 0 Å². The first-order valence-electron chi connectivity index (χ1n) is 2.30. The topological polar surface area (TPSA) is 22.1 Å². The summed E-state index contributed by atoms with van der Waals surface area (Å²) in [4.78, 5) is 3.75. The fourth-order valence-electron chi connectivity index (χ4n) is 0.425. The van der Waals surface area contributed by atoms with Crippen LogP contribution in [0.15, 0.2) is 18.2 Å². The molecule has 0 bridgehead atoms. The maximum absolute atomic E-state index is 4.77. The van der Waals surface area contributed by atoms with E-state index in [0.717, 1.165) is 0 Å². The number of nitrogens with zero attached hydrogens (tertiary/aromatic N) is 1. The summed E-state index contributed by atoms with van der Waals surface area (Å²) in [6.45, 7) is 0. The molecule has 0 unspecified atom stereocenters. The van der Waals surface area contributed by atoms with E-state index in [1.165, 1.54) is 0 Å². The summed E-state index contributed by atoms with van der Waals surface area (Å²) in [5.74, 6) is 0.604. The average Bonchev–Trinajstić information content (AvgIpc) is 1.90. The zero-order chi connectivity index (χ0) is 5.82. The molecule has 4 heteroatoms. The van der Waals surface area contributed by atoms with Crippen molar-refractivity contribution in [2.75, 3.05) is 7.11 Å². The molecule has 1 aromatic heterocycles. The minimum absolute atomic E-state index is 0. The number of hydrogen-bond donors (Lipinski definition) is 0. The third-order valence-corrected chi connectivity index (χ3v) is 0.793. The summed E-state index contributed by atoms with van der Waals surface area (Å²) in [5.41, 5.74) is 0. The van der Waals surface area contributed by atoms with Crippen LogP contribution in [0, 0.1) is 6.20 Å². The molecule has 0 fully saturated rings. The van der Waals surface area contributed by atoms with Crippen LogP contribution in [-0.2, 0) is 19.5 Å². The van der Waals surface area contributed by atoms with Gasteiger partial charge >= 0.3 is 0 Å². The van der Waals surface area contributed by atoms with Crippen molar-refractivity contribution in [3.8, 4) is 5.88 Å². The molecule has 0 aliphatic rings. The summed E-state index contributed by atoms with van der Waals surface area (Å²) in [6.07, 6.45) is 2.64. The van der Waals surface area contributed by atoms with Gasteiger partial charge in [-0.15, -0.1) is 23.0 Å². The molecular formula is C6H7BrNOZn-. The second-order valence-electron chi connectivity index (χ2n) is 1.31. The minimum Gasteiger partial charge on any atom is -0.538 e. The monoisotopic (exact) mass is 252 g/mol. The molecule has 2 nitrogen and oxygen atoms in total. The van der Waals surface area contributed by atoms with Crippen LogP contribution < -0.4 is 4.74 Å². The van der Waals surface area contributed by atoms with Crippen LogP contribution in [0.2, 0.25) is 0 Å². The Morgan fingerprint density at radius 1 is 1.60 bits per heavy atom. The van der Waals surface area contributed by atoms with Gasteiger partial charge in [0.1, 0.15) is 0 Å². The summed E-state index contributed by atoms with van der Waals surface area (Å²) >= 11 is 0. The van der Waals surface area contributed by atoms with Gasteiger partial charge in [-0.25, -0.2) is 0 Å². The predicted octanol–water partition coefficient (Wildman–Crippen LogP) is 1.47. The van der Waals surface area contributed by atoms with Crippen molar-refractivity contribution >= 4 is 17.0 Å². The summed E-state index contributed by atoms with van der Waals surface area (Å²) < 4.78 is 4.77. The van der Waals surface area contributed by atoms with Gasteiger partial charge in [-0.2, -0.15) is 12.1 Å². The number of ether oxygens (including phenoxy) is 1. The largest absolute Gasteiger partial charge is 0.538 e. The number of methoxy groups -OCH3 is 1. The SMILES string of the molecule is Br.COc1ccc[c-]n1.[Zn]. The van der Waals surface area contributed by atoms with Gasteiger partial charge < -0.3 is 9.72 Å². The number of hydrogen-bond acceptors (Lipinski definition) is 2. The van der Waals surface area contributed by atoms with Gasteiger partial charge in [-0.1, -0.05) is 6.20 Å². The summed E-state index contributed by atoms with van der Waals surface area (Å²) in [5, 5.41) is 0. The third-order valence-electron chi connectivity index (χ3n) is 0.793. The maximum Gasteiger partial charge on any atom is 0.0964 e. The zero-order valence-corrected chi connectivity index (χ0v) is 10.4. The van der Waals surface area contributed by atoms with E-state index in [1.54, 1.807) is 19.2 Å². The van der Waals surface area contributed by atoms with Crippen LogP contribution in [0.25, 0.3) is 0 Å². The van der Waals surface area contributed by atoms with E-state index in [9.17, 15) is 0 Å². The molecule has 0 spiro atoms. The van der Waals surface area contributed by atoms with Crippen molar-refractivity contribution in [2.24, 2.45) is 0 Å². The zero-order valence-electron chi connectivity index (χ0n) is 5.70. The molecule has 1 rings (SSSR count). The maximum atomic E-state index is 4.77. The Kier molecular flexibility index (Phi) is 9.10. The smallest absolute Gasteiger partial charge is 0.0964 e. The van der Waals surface area contributed by atoms with Crippen LogP contribution in [0.1, 0.15) is 0 Å². The number of aromatic nitrogens is 1. The van der Waals surface area contributed by atoms with Crippen LogP contribution in [0.5, 0.6) is 5.88 Å². The Hall–Kier alpha value is 0.0534. The minimum atomic E-state index is 0. The van der Waals surface area contributed by atoms with Crippen LogP contribution in [-0.4, -0.2) is 12.1 Å². The van der Waals surface area contributed by atoms with Crippen molar-refractivity contribution < 1.29 is 24.2 Å². The molecule has 10 heavy (non-hydrogen) atoms. The Morgan fingerprint density at radius 2 is 2.30 bits per heavy atom. The molecule has 0 radical (unpaired) electrons. The second-order valence-corrected chi connectivity index (χ2v) is 1.31. The summed E-state index contributed by atoms with van der Waals surface area (Å²) in [6, 6.07) is 5.32. The Bertz CT molecular complexity index is 159. The Labute approximate surface area is 83.5 Å². The molecule has 52 valence electrons. The van der Waals surface area contributed by atoms with Gasteiger partial charge in [0.2, 0.25) is 0 Å². The van der Waals surface area contributed by atoms with Crippen LogP contribution >= 0.6 is 17.0 Å². The van der Waals surface area contributed by atoms with Gasteiger partial charge in [0.05, 0.1) is 13.0 Å². The first-order valence-corrected chi connectivity index (χ1v) is 2.30. The van der Waals surface area contributed by atoms with Gasteiger partial charge in [0.25, 0.3) is 0 Å². The van der Waals surface area contributed by atoms with Crippen molar-refractivity contribution in [3.63, 3.8) is 0 Å². The molecule has 0 atom stereocenters. The van der Waals surface area contributed by atoms with E-state index in [2.05, 4.69) is 11.2 Å². The third kappa shape index (κ3) is 3.96. The van der Waals surface area contributed by atoms with Gasteiger partial charge in [0, 0.05) is 19.5 Å². The van der Waals surface area contributed by atoms with E-state index < -0.39 is 0 Å². The average molecular weight is 254 g/mol. The second kappa shape index (κ2) is 7.16. The van der Waals surface area contributed by atoms with E-state index in [1.807, 2.05) is 6.07 Å². The molecule has 0 saturated carbocycles. The van der Waals surface area contributed by atoms with E-state index in [-0.39, 0.29) is 36.5 Å². The first kappa shape index (κ1) is 12.7. The molecule has 1 heterocycles. The Morgan fingerprint density at radius 3 is 2.60 bits per heavy atom. The van der Waals surface area contributed by atoms with Gasteiger partial charge in [-0.05, 0) is 0 Å². The normalized spacial score (nSPS) is 6.90. The van der Waals surface area contributed by atoms with Crippen molar-refractivity contribution in [1.82, 2.24) is 4.98 Å². The fourth-order valence-corrected chi connectivity index (χ4v) is 0.425. The summed E-state index contributed by atoms with van der Waals surface area (Å²) in [7, 11) is 1.58. The van der Waals surface area contributed by atoms with Crippen LogP contribution in [0.4, 0.5) is 0 Å². The molecule has 0 aliphatic carbocycles. The molecule has 0 saturated heterocycles. The first-order chi connectivity index (χ1) is 3.93. The van der Waals surface area contributed by atoms with Crippen molar-refractivity contribution in [3.05, 3.63) is 24.4 Å². The Balaban J connectivity index is 0. The van der Waals surface area contributed by atoms with Crippen LogP contribution in [0.3, 0.4) is 0 Å². The number of pyridine rings is 1. The molecule has 1 aromatic rings. The molecule has 0 amide bonds. The molecule has 0 aliphatic heterocycles. The van der Waals surface area contributed by atoms with Gasteiger partial charge in [-0.3, -0.25) is 0 Å². The van der Waals surface area contributed by atoms with E-state index in [4.69, 9.17) is 4.74 Å². The fraction of sp³-hybridized carbons (Fsp3) is 0.167. The molecule has 0 aromatic carbocycles. The molecule has 0 N–H and O–H groups in total. The quantitative estimate of drug-likeness (QED) is 0.559. The van der Waals surface area contributed by atoms with Crippen molar-refractivity contribution in [2.45, 2.75) is 0 Å². The standard InChI is InChI=1S/C6H6NO.BrH.Zn/c1-8-6-4-2-3-5-7-6;;/h2-4H,1H3;1H;/q-1;;. The van der Waals surface area contributed by atoms with Crippen molar-refractivity contribution in [1.29, 1.82) is 0 Å². The molecular weight excluding hydrogens is 247 g/mol. The number of halogens is 1. The predicted molar refractivity (Wildman–Crippen MR) is 39.9 cm³/mol. The number of rotatable bonds is 1.